The third kappa shape index (κ3) is 2.11. The van der Waals surface area contributed by atoms with Crippen molar-refractivity contribution in [1.82, 2.24) is 9.55 Å². The van der Waals surface area contributed by atoms with Crippen molar-refractivity contribution < 1.29 is 8.78 Å². The second kappa shape index (κ2) is 5.14. The molecule has 0 unspecified atom stereocenters. The predicted molar refractivity (Wildman–Crippen MR) is 78.2 cm³/mol. The standard InChI is InChI=1S/C14H8BrClF2N2/c15-8-4-5-10-12(6-8)20(13(7-16)19-10)11-3-1-2-9(17)14(11)18/h1-6H,7H2. The van der Waals surface area contributed by atoms with Crippen molar-refractivity contribution in [1.29, 1.82) is 0 Å². The number of aromatic nitrogens is 2. The summed E-state index contributed by atoms with van der Waals surface area (Å²) in [7, 11) is 0. The highest BCUT2D eigenvalue weighted by atomic mass is 79.9. The molecule has 2 nitrogen and oxygen atoms in total. The summed E-state index contributed by atoms with van der Waals surface area (Å²) in [6, 6.07) is 9.45. The molecule has 0 aliphatic rings. The van der Waals surface area contributed by atoms with Gasteiger partial charge in [-0.2, -0.15) is 0 Å². The van der Waals surface area contributed by atoms with Gasteiger partial charge in [0.25, 0.3) is 0 Å². The first-order chi connectivity index (χ1) is 9.61. The number of fused-ring (bicyclic) bond motifs is 1. The van der Waals surface area contributed by atoms with Crippen LogP contribution in [0.15, 0.2) is 40.9 Å². The Hall–Kier alpha value is -1.46. The first-order valence-corrected chi connectivity index (χ1v) is 7.12. The first kappa shape index (κ1) is 13.5. The molecule has 0 fully saturated rings. The second-order valence-corrected chi connectivity index (χ2v) is 5.39. The minimum atomic E-state index is -0.918. The molecule has 0 aliphatic heterocycles. The van der Waals surface area contributed by atoms with Crippen LogP contribution in [0.4, 0.5) is 8.78 Å². The molecule has 1 heterocycles. The van der Waals surface area contributed by atoms with Gasteiger partial charge >= 0.3 is 0 Å². The Morgan fingerprint density at radius 2 is 2.00 bits per heavy atom. The minimum absolute atomic E-state index is 0.0984. The van der Waals surface area contributed by atoms with Crippen LogP contribution in [-0.4, -0.2) is 9.55 Å². The number of imidazole rings is 1. The lowest BCUT2D eigenvalue weighted by atomic mass is 10.2. The van der Waals surface area contributed by atoms with Gasteiger partial charge in [0.2, 0.25) is 0 Å². The normalized spacial score (nSPS) is 11.2. The van der Waals surface area contributed by atoms with E-state index in [1.54, 1.807) is 12.1 Å². The smallest absolute Gasteiger partial charge is 0.182 e. The lowest BCUT2D eigenvalue weighted by Crippen LogP contribution is -2.03. The van der Waals surface area contributed by atoms with Crippen LogP contribution >= 0.6 is 27.5 Å². The molecule has 1 aromatic heterocycles. The SMILES string of the molecule is Fc1cccc(-n2c(CCl)nc3ccc(Br)cc32)c1F. The number of alkyl halides is 1. The molecule has 6 heteroatoms. The van der Waals surface area contributed by atoms with Gasteiger partial charge in [0.05, 0.1) is 22.6 Å². The Morgan fingerprint density at radius 3 is 2.75 bits per heavy atom. The van der Waals surface area contributed by atoms with E-state index >= 15 is 0 Å². The molecule has 2 aromatic carbocycles. The highest BCUT2D eigenvalue weighted by molar-refractivity contribution is 9.10. The molecule has 0 bridgehead atoms. The maximum atomic E-state index is 14.0. The monoisotopic (exact) mass is 356 g/mol. The third-order valence-corrected chi connectivity index (χ3v) is 3.71. The molecular formula is C14H8BrClF2N2. The Bertz CT molecular complexity index is 801. The zero-order chi connectivity index (χ0) is 14.3. The number of hydrogen-bond donors (Lipinski definition) is 0. The molecule has 102 valence electrons. The summed E-state index contributed by atoms with van der Waals surface area (Å²) < 4.78 is 29.8. The Kier molecular flexibility index (Phi) is 3.48. The van der Waals surface area contributed by atoms with E-state index in [1.807, 2.05) is 6.07 Å². The third-order valence-electron chi connectivity index (χ3n) is 2.98. The lowest BCUT2D eigenvalue weighted by molar-refractivity contribution is 0.504. The maximum Gasteiger partial charge on any atom is 0.182 e. The topological polar surface area (TPSA) is 17.8 Å². The fraction of sp³-hybridized carbons (Fsp3) is 0.0714. The van der Waals surface area contributed by atoms with Crippen molar-refractivity contribution in [3.8, 4) is 5.69 Å². The lowest BCUT2D eigenvalue weighted by Gasteiger charge is -2.09. The quantitative estimate of drug-likeness (QED) is 0.602. The van der Waals surface area contributed by atoms with Gasteiger partial charge in [-0.05, 0) is 30.3 Å². The number of rotatable bonds is 2. The second-order valence-electron chi connectivity index (χ2n) is 4.20. The van der Waals surface area contributed by atoms with Crippen molar-refractivity contribution in [2.75, 3.05) is 0 Å². The minimum Gasteiger partial charge on any atom is -0.292 e. The number of nitrogens with zero attached hydrogens (tertiary/aromatic N) is 2. The van der Waals surface area contributed by atoms with Crippen molar-refractivity contribution in [2.45, 2.75) is 5.88 Å². The van der Waals surface area contributed by atoms with Crippen molar-refractivity contribution >= 4 is 38.6 Å². The molecule has 20 heavy (non-hydrogen) atoms. The van der Waals surface area contributed by atoms with E-state index in [-0.39, 0.29) is 11.6 Å². The van der Waals surface area contributed by atoms with Crippen LogP contribution < -0.4 is 0 Å². The number of halogens is 4. The van der Waals surface area contributed by atoms with E-state index in [0.29, 0.717) is 16.9 Å². The summed E-state index contributed by atoms with van der Waals surface area (Å²) in [4.78, 5) is 4.34. The Morgan fingerprint density at radius 1 is 1.20 bits per heavy atom. The van der Waals surface area contributed by atoms with Gasteiger partial charge in [0.15, 0.2) is 11.6 Å². The van der Waals surface area contributed by atoms with Gasteiger partial charge in [-0.25, -0.2) is 13.8 Å². The first-order valence-electron chi connectivity index (χ1n) is 5.79. The zero-order valence-electron chi connectivity index (χ0n) is 10.1. The molecular weight excluding hydrogens is 350 g/mol. The van der Waals surface area contributed by atoms with Gasteiger partial charge in [-0.1, -0.05) is 22.0 Å². The molecule has 3 rings (SSSR count). The summed E-state index contributed by atoms with van der Waals surface area (Å²) >= 11 is 9.24. The molecule has 0 atom stereocenters. The van der Waals surface area contributed by atoms with Crippen LogP contribution in [0.25, 0.3) is 16.7 Å². The Labute approximate surface area is 127 Å². The summed E-state index contributed by atoms with van der Waals surface area (Å²) in [6.07, 6.45) is 0. The largest absolute Gasteiger partial charge is 0.292 e. The van der Waals surface area contributed by atoms with Crippen LogP contribution in [0.3, 0.4) is 0 Å². The van der Waals surface area contributed by atoms with E-state index < -0.39 is 11.6 Å². The highest BCUT2D eigenvalue weighted by Crippen LogP contribution is 2.27. The van der Waals surface area contributed by atoms with Crippen LogP contribution in [0.1, 0.15) is 5.82 Å². The average Bonchev–Trinajstić information content (AvgIpc) is 2.79. The zero-order valence-corrected chi connectivity index (χ0v) is 12.4. The van der Waals surface area contributed by atoms with Gasteiger partial charge in [-0.3, -0.25) is 4.57 Å². The molecule has 0 N–H and O–H groups in total. The number of hydrogen-bond acceptors (Lipinski definition) is 1. The van der Waals surface area contributed by atoms with E-state index in [0.717, 1.165) is 10.5 Å². The fourth-order valence-corrected chi connectivity index (χ4v) is 2.65. The van der Waals surface area contributed by atoms with Crippen LogP contribution in [0.2, 0.25) is 0 Å². The van der Waals surface area contributed by atoms with Gasteiger partial charge in [0.1, 0.15) is 5.82 Å². The molecule has 0 aliphatic carbocycles. The maximum absolute atomic E-state index is 14.0. The summed E-state index contributed by atoms with van der Waals surface area (Å²) in [5, 5.41) is 0. The summed E-state index contributed by atoms with van der Waals surface area (Å²) in [5.74, 6) is -1.26. The number of benzene rings is 2. The van der Waals surface area contributed by atoms with Gasteiger partial charge < -0.3 is 0 Å². The van der Waals surface area contributed by atoms with Crippen LogP contribution in [0, 0.1) is 11.6 Å². The fourth-order valence-electron chi connectivity index (χ4n) is 2.12. The van der Waals surface area contributed by atoms with Gasteiger partial charge in [0, 0.05) is 4.47 Å². The van der Waals surface area contributed by atoms with E-state index in [1.165, 1.54) is 16.7 Å². The predicted octanol–water partition coefficient (Wildman–Crippen LogP) is 4.81. The van der Waals surface area contributed by atoms with Crippen molar-refractivity contribution in [3.63, 3.8) is 0 Å². The van der Waals surface area contributed by atoms with Crippen LogP contribution in [0.5, 0.6) is 0 Å². The molecule has 3 aromatic rings. The van der Waals surface area contributed by atoms with Crippen LogP contribution in [-0.2, 0) is 5.88 Å². The molecule has 0 amide bonds. The van der Waals surface area contributed by atoms with E-state index in [9.17, 15) is 8.78 Å². The van der Waals surface area contributed by atoms with Crippen molar-refractivity contribution in [3.05, 3.63) is 58.3 Å². The molecule has 0 saturated heterocycles. The van der Waals surface area contributed by atoms with Crippen molar-refractivity contribution in [2.24, 2.45) is 0 Å². The highest BCUT2D eigenvalue weighted by Gasteiger charge is 2.17. The van der Waals surface area contributed by atoms with E-state index in [4.69, 9.17) is 11.6 Å². The summed E-state index contributed by atoms with van der Waals surface area (Å²) in [6.45, 7) is 0. The molecule has 0 radical (unpaired) electrons. The molecule has 0 saturated carbocycles. The summed E-state index contributed by atoms with van der Waals surface area (Å²) in [5.41, 5.74) is 1.44. The van der Waals surface area contributed by atoms with Gasteiger partial charge in [-0.15, -0.1) is 11.6 Å². The van der Waals surface area contributed by atoms with E-state index in [2.05, 4.69) is 20.9 Å². The molecule has 0 spiro atoms. The average molecular weight is 358 g/mol. The Balaban J connectivity index is 2.39.